The minimum absolute atomic E-state index is 1.13. The molecular weight excluding hydrogens is 350 g/mol. The van der Waals surface area contributed by atoms with Crippen LogP contribution >= 0.6 is 0 Å². The van der Waals surface area contributed by atoms with Crippen LogP contribution in [0.15, 0.2) is 83.9 Å². The maximum Gasteiger partial charge on any atom is 0.0532 e. The fraction of sp³-hybridized carbons (Fsp3) is 0.214. The van der Waals surface area contributed by atoms with Crippen LogP contribution < -0.4 is 4.90 Å². The van der Waals surface area contributed by atoms with Gasteiger partial charge in [0.15, 0.2) is 0 Å². The molecule has 0 bridgehead atoms. The van der Waals surface area contributed by atoms with Gasteiger partial charge in [-0.05, 0) is 73.4 Å². The Morgan fingerprint density at radius 2 is 1.10 bits per heavy atom. The van der Waals surface area contributed by atoms with Crippen molar-refractivity contribution in [1.82, 2.24) is 0 Å². The predicted octanol–water partition coefficient (Wildman–Crippen LogP) is 6.92. The number of nitrogens with zero attached hydrogens (tertiary/aromatic N) is 1. The van der Waals surface area contributed by atoms with Gasteiger partial charge in [0.1, 0.15) is 0 Å². The molecule has 0 amide bonds. The lowest BCUT2D eigenvalue weighted by Crippen LogP contribution is -2.30. The van der Waals surface area contributed by atoms with Crippen LogP contribution in [0.4, 0.5) is 5.69 Å². The van der Waals surface area contributed by atoms with Crippen LogP contribution in [0.2, 0.25) is 0 Å². The lowest BCUT2D eigenvalue weighted by Gasteiger charge is -2.42. The summed E-state index contributed by atoms with van der Waals surface area (Å²) in [7, 11) is 0. The van der Waals surface area contributed by atoms with Crippen molar-refractivity contribution in [1.29, 1.82) is 0 Å². The maximum absolute atomic E-state index is 2.59. The third-order valence-corrected chi connectivity index (χ3v) is 6.77. The second-order valence-electron chi connectivity index (χ2n) is 8.57. The third kappa shape index (κ3) is 2.61. The molecule has 0 spiro atoms. The Bertz CT molecular complexity index is 1110. The number of allylic oxidation sites excluding steroid dienone is 2. The molecule has 0 saturated heterocycles. The Labute approximate surface area is 173 Å². The quantitative estimate of drug-likeness (QED) is 0.446. The van der Waals surface area contributed by atoms with Crippen LogP contribution in [0.5, 0.6) is 0 Å². The van der Waals surface area contributed by atoms with Crippen LogP contribution in [0.25, 0.3) is 11.4 Å². The molecule has 6 rings (SSSR count). The first-order valence-corrected chi connectivity index (χ1v) is 10.8. The van der Waals surface area contributed by atoms with E-state index in [1.165, 1.54) is 57.7 Å². The van der Waals surface area contributed by atoms with Gasteiger partial charge in [0, 0.05) is 16.8 Å². The lowest BCUT2D eigenvalue weighted by atomic mass is 9.77. The molecule has 0 fully saturated rings. The molecule has 1 heteroatoms. The number of benzene rings is 3. The van der Waals surface area contributed by atoms with Crippen LogP contribution in [0, 0.1) is 6.92 Å². The minimum atomic E-state index is 1.13. The molecule has 29 heavy (non-hydrogen) atoms. The summed E-state index contributed by atoms with van der Waals surface area (Å²) >= 11 is 0. The Hall–Kier alpha value is -3.06. The first-order chi connectivity index (χ1) is 14.3. The SMILES string of the molecule is Cc1ccc(N2C3=C(CCc4ccccc43)CC3=C2c2ccccc2CC3)cc1. The summed E-state index contributed by atoms with van der Waals surface area (Å²) < 4.78 is 0. The number of rotatable bonds is 1. The predicted molar refractivity (Wildman–Crippen MR) is 122 cm³/mol. The van der Waals surface area contributed by atoms with E-state index >= 15 is 0 Å². The van der Waals surface area contributed by atoms with Gasteiger partial charge in [-0.25, -0.2) is 0 Å². The average molecular weight is 376 g/mol. The average Bonchev–Trinajstić information content (AvgIpc) is 2.78. The van der Waals surface area contributed by atoms with E-state index in [4.69, 9.17) is 0 Å². The first-order valence-electron chi connectivity index (χ1n) is 10.8. The molecule has 2 aliphatic carbocycles. The normalized spacial score (nSPS) is 17.5. The molecule has 0 unspecified atom stereocenters. The highest BCUT2D eigenvalue weighted by Crippen LogP contribution is 2.50. The first kappa shape index (κ1) is 16.9. The van der Waals surface area contributed by atoms with Gasteiger partial charge in [-0.2, -0.15) is 0 Å². The van der Waals surface area contributed by atoms with Crippen LogP contribution in [0.3, 0.4) is 0 Å². The Morgan fingerprint density at radius 1 is 0.586 bits per heavy atom. The zero-order valence-electron chi connectivity index (χ0n) is 16.9. The van der Waals surface area contributed by atoms with Crippen molar-refractivity contribution < 1.29 is 0 Å². The molecule has 0 aromatic heterocycles. The van der Waals surface area contributed by atoms with Gasteiger partial charge in [-0.15, -0.1) is 0 Å². The number of anilines is 1. The molecule has 0 N–H and O–H groups in total. The van der Waals surface area contributed by atoms with Gasteiger partial charge in [-0.3, -0.25) is 0 Å². The largest absolute Gasteiger partial charge is 0.309 e. The summed E-state index contributed by atoms with van der Waals surface area (Å²) in [5.74, 6) is 0. The van der Waals surface area contributed by atoms with E-state index in [0.29, 0.717) is 0 Å². The van der Waals surface area contributed by atoms with Crippen molar-refractivity contribution in [3.05, 3.63) is 112 Å². The van der Waals surface area contributed by atoms with Crippen molar-refractivity contribution in [2.75, 3.05) is 4.90 Å². The summed E-state index contributed by atoms with van der Waals surface area (Å²) in [5, 5.41) is 0. The molecule has 0 saturated carbocycles. The zero-order chi connectivity index (χ0) is 19.4. The van der Waals surface area contributed by atoms with E-state index < -0.39 is 0 Å². The summed E-state index contributed by atoms with van der Waals surface area (Å²) in [6.45, 7) is 2.17. The maximum atomic E-state index is 2.59. The van der Waals surface area contributed by atoms with Crippen LogP contribution in [-0.2, 0) is 12.8 Å². The molecule has 0 atom stereocenters. The number of hydrogen-bond acceptors (Lipinski definition) is 1. The fourth-order valence-electron chi connectivity index (χ4n) is 5.35. The molecule has 3 aliphatic rings. The molecule has 3 aromatic carbocycles. The highest BCUT2D eigenvalue weighted by molar-refractivity contribution is 6.01. The summed E-state index contributed by atoms with van der Waals surface area (Å²) in [5.41, 5.74) is 14.5. The van der Waals surface area contributed by atoms with E-state index in [1.54, 1.807) is 11.1 Å². The summed E-state index contributed by atoms with van der Waals surface area (Å²) in [6.07, 6.45) is 5.81. The van der Waals surface area contributed by atoms with E-state index in [9.17, 15) is 0 Å². The molecule has 142 valence electrons. The molecule has 3 aromatic rings. The van der Waals surface area contributed by atoms with Crippen molar-refractivity contribution in [2.24, 2.45) is 0 Å². The number of fused-ring (bicyclic) bond motifs is 4. The van der Waals surface area contributed by atoms with Gasteiger partial charge in [-0.1, -0.05) is 66.2 Å². The number of aryl methyl sites for hydroxylation is 3. The van der Waals surface area contributed by atoms with Gasteiger partial charge >= 0.3 is 0 Å². The Morgan fingerprint density at radius 3 is 1.66 bits per heavy atom. The van der Waals surface area contributed by atoms with Gasteiger partial charge in [0.25, 0.3) is 0 Å². The highest BCUT2D eigenvalue weighted by Gasteiger charge is 2.35. The fourth-order valence-corrected chi connectivity index (χ4v) is 5.35. The summed E-state index contributed by atoms with van der Waals surface area (Å²) in [4.78, 5) is 2.59. The van der Waals surface area contributed by atoms with E-state index in [0.717, 1.165) is 19.3 Å². The zero-order valence-corrected chi connectivity index (χ0v) is 16.9. The monoisotopic (exact) mass is 375 g/mol. The van der Waals surface area contributed by atoms with E-state index in [-0.39, 0.29) is 0 Å². The molecule has 0 radical (unpaired) electrons. The Balaban J connectivity index is 1.62. The van der Waals surface area contributed by atoms with Gasteiger partial charge in [0.05, 0.1) is 11.4 Å². The van der Waals surface area contributed by atoms with Crippen LogP contribution in [-0.4, -0.2) is 0 Å². The minimum Gasteiger partial charge on any atom is -0.309 e. The molecule has 1 nitrogen and oxygen atoms in total. The van der Waals surface area contributed by atoms with Crippen molar-refractivity contribution in [3.63, 3.8) is 0 Å². The standard InChI is InChI=1S/C28H25N/c1-19-10-16-24(17-11-19)29-27-22(14-12-20-6-2-4-8-25(20)27)18-23-15-13-21-7-3-5-9-26(21)28(23)29/h2-11,16-17H,12-15,18H2,1H3. The second kappa shape index (κ2) is 6.49. The van der Waals surface area contributed by atoms with Crippen molar-refractivity contribution in [3.8, 4) is 0 Å². The van der Waals surface area contributed by atoms with Gasteiger partial charge in [0.2, 0.25) is 0 Å². The molecular formula is C28H25N. The number of hydrogen-bond donors (Lipinski definition) is 0. The van der Waals surface area contributed by atoms with Crippen molar-refractivity contribution in [2.45, 2.75) is 39.0 Å². The lowest BCUT2D eigenvalue weighted by molar-refractivity contribution is 0.800. The van der Waals surface area contributed by atoms with E-state index in [2.05, 4.69) is 84.6 Å². The van der Waals surface area contributed by atoms with Gasteiger partial charge < -0.3 is 4.90 Å². The highest BCUT2D eigenvalue weighted by atomic mass is 15.2. The van der Waals surface area contributed by atoms with E-state index in [1.807, 2.05) is 0 Å². The van der Waals surface area contributed by atoms with Crippen LogP contribution in [0.1, 0.15) is 47.1 Å². The molecule has 1 aliphatic heterocycles. The second-order valence-corrected chi connectivity index (χ2v) is 8.57. The Kier molecular flexibility index (Phi) is 3.77. The summed E-state index contributed by atoms with van der Waals surface area (Å²) in [6, 6.07) is 27.1. The topological polar surface area (TPSA) is 3.24 Å². The molecule has 1 heterocycles. The third-order valence-electron chi connectivity index (χ3n) is 6.77. The smallest absolute Gasteiger partial charge is 0.0532 e. The van der Waals surface area contributed by atoms with Crippen molar-refractivity contribution >= 4 is 17.1 Å².